The SMILES string of the molecule is Cc1cc2c(cn1)CN(C(=O)CCCc1nc(-c3ccncc3)no1)C2. The highest BCUT2D eigenvalue weighted by molar-refractivity contribution is 5.76. The van der Waals surface area contributed by atoms with Gasteiger partial charge in [0.15, 0.2) is 0 Å². The molecule has 0 spiro atoms. The molecule has 1 amide bonds. The Labute approximate surface area is 151 Å². The van der Waals surface area contributed by atoms with Gasteiger partial charge in [-0.05, 0) is 42.7 Å². The van der Waals surface area contributed by atoms with E-state index in [1.54, 1.807) is 12.4 Å². The van der Waals surface area contributed by atoms with Crippen molar-refractivity contribution in [2.75, 3.05) is 0 Å². The maximum absolute atomic E-state index is 12.4. The number of aryl methyl sites for hydroxylation is 2. The molecular weight excluding hydrogens is 330 g/mol. The number of hydrogen-bond donors (Lipinski definition) is 0. The zero-order chi connectivity index (χ0) is 17.9. The highest BCUT2D eigenvalue weighted by atomic mass is 16.5. The molecule has 0 saturated heterocycles. The number of rotatable bonds is 5. The van der Waals surface area contributed by atoms with Crippen molar-refractivity contribution in [3.05, 3.63) is 59.5 Å². The first kappa shape index (κ1) is 16.4. The molecule has 0 fully saturated rings. The van der Waals surface area contributed by atoms with Crippen LogP contribution >= 0.6 is 0 Å². The molecule has 0 unspecified atom stereocenters. The molecule has 0 saturated carbocycles. The van der Waals surface area contributed by atoms with Gasteiger partial charge in [-0.25, -0.2) is 0 Å². The summed E-state index contributed by atoms with van der Waals surface area (Å²) in [5, 5.41) is 3.98. The largest absolute Gasteiger partial charge is 0.339 e. The summed E-state index contributed by atoms with van der Waals surface area (Å²) in [4.78, 5) is 27.0. The van der Waals surface area contributed by atoms with Crippen molar-refractivity contribution in [3.8, 4) is 11.4 Å². The number of carbonyl (C=O) groups is 1. The van der Waals surface area contributed by atoms with Crippen LogP contribution in [-0.4, -0.2) is 30.9 Å². The molecule has 0 bridgehead atoms. The molecule has 3 aromatic heterocycles. The van der Waals surface area contributed by atoms with E-state index in [-0.39, 0.29) is 5.91 Å². The standard InChI is InChI=1S/C19H19N5O2/c1-13-9-15-11-24(12-16(15)10-21-13)18(25)4-2-3-17-22-19(23-26-17)14-5-7-20-8-6-14/h5-10H,2-4,11-12H2,1H3. The molecule has 1 aliphatic heterocycles. The minimum atomic E-state index is 0.146. The van der Waals surface area contributed by atoms with Crippen molar-refractivity contribution in [2.45, 2.75) is 39.3 Å². The summed E-state index contributed by atoms with van der Waals surface area (Å²) < 4.78 is 5.28. The number of pyridine rings is 2. The molecule has 0 radical (unpaired) electrons. The molecule has 7 nitrogen and oxygen atoms in total. The van der Waals surface area contributed by atoms with Crippen molar-refractivity contribution >= 4 is 5.91 Å². The lowest BCUT2D eigenvalue weighted by molar-refractivity contribution is -0.131. The van der Waals surface area contributed by atoms with Gasteiger partial charge in [-0.2, -0.15) is 4.98 Å². The van der Waals surface area contributed by atoms with Gasteiger partial charge in [0.2, 0.25) is 17.6 Å². The van der Waals surface area contributed by atoms with E-state index in [2.05, 4.69) is 26.2 Å². The van der Waals surface area contributed by atoms with Crippen LogP contribution in [0.3, 0.4) is 0 Å². The first-order valence-corrected chi connectivity index (χ1v) is 8.64. The van der Waals surface area contributed by atoms with Crippen LogP contribution in [0.1, 0.15) is 35.6 Å². The van der Waals surface area contributed by atoms with E-state index in [1.807, 2.05) is 30.2 Å². The van der Waals surface area contributed by atoms with Gasteiger partial charge in [0.1, 0.15) is 0 Å². The second kappa shape index (κ2) is 7.03. The minimum absolute atomic E-state index is 0.146. The fourth-order valence-corrected chi connectivity index (χ4v) is 3.10. The van der Waals surface area contributed by atoms with Crippen LogP contribution in [0.5, 0.6) is 0 Å². The maximum Gasteiger partial charge on any atom is 0.226 e. The fraction of sp³-hybridized carbons (Fsp3) is 0.316. The lowest BCUT2D eigenvalue weighted by Gasteiger charge is -2.14. The van der Waals surface area contributed by atoms with E-state index < -0.39 is 0 Å². The Morgan fingerprint density at radius 2 is 2.04 bits per heavy atom. The van der Waals surface area contributed by atoms with Crippen LogP contribution in [-0.2, 0) is 24.3 Å². The summed E-state index contributed by atoms with van der Waals surface area (Å²) in [6, 6.07) is 5.72. The third-order valence-electron chi connectivity index (χ3n) is 4.48. The van der Waals surface area contributed by atoms with E-state index >= 15 is 0 Å². The molecule has 4 rings (SSSR count). The lowest BCUT2D eigenvalue weighted by Crippen LogP contribution is -2.25. The molecule has 0 atom stereocenters. The van der Waals surface area contributed by atoms with Crippen molar-refractivity contribution in [3.63, 3.8) is 0 Å². The Morgan fingerprint density at radius 3 is 2.88 bits per heavy atom. The van der Waals surface area contributed by atoms with Gasteiger partial charge in [0.25, 0.3) is 0 Å². The summed E-state index contributed by atoms with van der Waals surface area (Å²) in [5.74, 6) is 1.24. The number of carbonyl (C=O) groups excluding carboxylic acids is 1. The topological polar surface area (TPSA) is 85.0 Å². The van der Waals surface area contributed by atoms with Crippen LogP contribution < -0.4 is 0 Å². The molecule has 3 aromatic rings. The first-order chi connectivity index (χ1) is 12.7. The summed E-state index contributed by atoms with van der Waals surface area (Å²) >= 11 is 0. The third kappa shape index (κ3) is 3.46. The first-order valence-electron chi connectivity index (χ1n) is 8.64. The van der Waals surface area contributed by atoms with Crippen molar-refractivity contribution in [1.82, 2.24) is 25.0 Å². The van der Waals surface area contributed by atoms with E-state index in [0.29, 0.717) is 44.1 Å². The second-order valence-electron chi connectivity index (χ2n) is 6.45. The van der Waals surface area contributed by atoms with Gasteiger partial charge in [0.05, 0.1) is 0 Å². The summed E-state index contributed by atoms with van der Waals surface area (Å²) in [6.07, 6.45) is 6.99. The Hall–Kier alpha value is -3.09. The van der Waals surface area contributed by atoms with E-state index in [9.17, 15) is 4.79 Å². The predicted octanol–water partition coefficient (Wildman–Crippen LogP) is 2.70. The molecule has 132 valence electrons. The van der Waals surface area contributed by atoms with Gasteiger partial charge in [-0.15, -0.1) is 0 Å². The highest BCUT2D eigenvalue weighted by Crippen LogP contribution is 2.23. The zero-order valence-corrected chi connectivity index (χ0v) is 14.6. The zero-order valence-electron chi connectivity index (χ0n) is 14.6. The normalized spacial score (nSPS) is 13.0. The highest BCUT2D eigenvalue weighted by Gasteiger charge is 2.23. The quantitative estimate of drug-likeness (QED) is 0.704. The van der Waals surface area contributed by atoms with Crippen molar-refractivity contribution < 1.29 is 9.32 Å². The molecule has 4 heterocycles. The smallest absolute Gasteiger partial charge is 0.226 e. The molecule has 1 aliphatic rings. The van der Waals surface area contributed by atoms with Crippen LogP contribution in [0.25, 0.3) is 11.4 Å². The summed E-state index contributed by atoms with van der Waals surface area (Å²) in [7, 11) is 0. The molecule has 0 aliphatic carbocycles. The van der Waals surface area contributed by atoms with E-state index in [0.717, 1.165) is 16.8 Å². The average Bonchev–Trinajstić information content (AvgIpc) is 3.29. The van der Waals surface area contributed by atoms with Crippen LogP contribution in [0.2, 0.25) is 0 Å². The molecule has 0 aromatic carbocycles. The number of amides is 1. The summed E-state index contributed by atoms with van der Waals surface area (Å²) in [6.45, 7) is 3.29. The van der Waals surface area contributed by atoms with Gasteiger partial charge < -0.3 is 9.42 Å². The molecule has 0 N–H and O–H groups in total. The number of fused-ring (bicyclic) bond motifs is 1. The van der Waals surface area contributed by atoms with Gasteiger partial charge in [-0.1, -0.05) is 5.16 Å². The molecule has 7 heteroatoms. The van der Waals surface area contributed by atoms with Gasteiger partial charge in [0, 0.05) is 55.8 Å². The lowest BCUT2D eigenvalue weighted by atomic mass is 10.2. The van der Waals surface area contributed by atoms with Crippen molar-refractivity contribution in [2.24, 2.45) is 0 Å². The summed E-state index contributed by atoms with van der Waals surface area (Å²) in [5.41, 5.74) is 4.19. The van der Waals surface area contributed by atoms with E-state index in [4.69, 9.17) is 4.52 Å². The van der Waals surface area contributed by atoms with Crippen molar-refractivity contribution in [1.29, 1.82) is 0 Å². The maximum atomic E-state index is 12.4. The molecular formula is C19H19N5O2. The van der Waals surface area contributed by atoms with Crippen LogP contribution in [0, 0.1) is 6.92 Å². The Balaban J connectivity index is 1.29. The van der Waals surface area contributed by atoms with Crippen LogP contribution in [0.15, 0.2) is 41.3 Å². The van der Waals surface area contributed by atoms with Gasteiger partial charge >= 0.3 is 0 Å². The Bertz CT molecular complexity index is 923. The van der Waals surface area contributed by atoms with Crippen LogP contribution in [0.4, 0.5) is 0 Å². The Morgan fingerprint density at radius 1 is 1.23 bits per heavy atom. The molecule has 26 heavy (non-hydrogen) atoms. The number of aromatic nitrogens is 4. The third-order valence-corrected chi connectivity index (χ3v) is 4.48. The fourth-order valence-electron chi connectivity index (χ4n) is 3.10. The number of nitrogens with zero attached hydrogens (tertiary/aromatic N) is 5. The average molecular weight is 349 g/mol. The van der Waals surface area contributed by atoms with E-state index in [1.165, 1.54) is 5.56 Å². The monoisotopic (exact) mass is 349 g/mol. The predicted molar refractivity (Wildman–Crippen MR) is 93.7 cm³/mol. The minimum Gasteiger partial charge on any atom is -0.339 e. The second-order valence-corrected chi connectivity index (χ2v) is 6.45. The number of hydrogen-bond acceptors (Lipinski definition) is 6. The van der Waals surface area contributed by atoms with Gasteiger partial charge in [-0.3, -0.25) is 14.8 Å². The Kier molecular flexibility index (Phi) is 4.43.